The molecule has 1 atom stereocenters. The number of para-hydroxylation sites is 1. The summed E-state index contributed by atoms with van der Waals surface area (Å²) in [6, 6.07) is 7.82. The van der Waals surface area contributed by atoms with Crippen molar-refractivity contribution in [3.05, 3.63) is 59.4 Å². The Morgan fingerprint density at radius 2 is 1.76 bits per heavy atom. The highest BCUT2D eigenvalue weighted by Gasteiger charge is 2.26. The van der Waals surface area contributed by atoms with Gasteiger partial charge in [-0.25, -0.2) is 18.2 Å². The van der Waals surface area contributed by atoms with Crippen LogP contribution in [0.15, 0.2) is 41.4 Å². The van der Waals surface area contributed by atoms with Crippen LogP contribution in [0.3, 0.4) is 0 Å². The number of aldehydes is 1. The van der Waals surface area contributed by atoms with E-state index in [-0.39, 0.29) is 5.69 Å². The van der Waals surface area contributed by atoms with Gasteiger partial charge in [0.15, 0.2) is 17.5 Å². The maximum absolute atomic E-state index is 13.3. The van der Waals surface area contributed by atoms with Gasteiger partial charge in [-0.3, -0.25) is 0 Å². The van der Waals surface area contributed by atoms with E-state index in [0.29, 0.717) is 17.5 Å². The second-order valence-corrected chi connectivity index (χ2v) is 4.51. The second-order valence-electron chi connectivity index (χ2n) is 4.51. The van der Waals surface area contributed by atoms with Crippen molar-refractivity contribution >= 4 is 24.0 Å². The van der Waals surface area contributed by atoms with Crippen LogP contribution in [0.4, 0.5) is 24.5 Å². The van der Waals surface area contributed by atoms with E-state index in [0.717, 1.165) is 12.1 Å². The highest BCUT2D eigenvalue weighted by atomic mass is 19.2. The molecule has 0 spiro atoms. The summed E-state index contributed by atoms with van der Waals surface area (Å²) in [5.41, 5.74) is 1.23. The zero-order valence-electron chi connectivity index (χ0n) is 10.6. The Hall–Kier alpha value is -2.63. The van der Waals surface area contributed by atoms with Crippen molar-refractivity contribution in [2.24, 2.45) is 4.99 Å². The van der Waals surface area contributed by atoms with Crippen molar-refractivity contribution in [3.63, 3.8) is 0 Å². The Bertz CT molecular complexity index is 722. The van der Waals surface area contributed by atoms with E-state index in [9.17, 15) is 18.0 Å². The van der Waals surface area contributed by atoms with Gasteiger partial charge in [-0.1, -0.05) is 18.2 Å². The molecule has 0 saturated heterocycles. The van der Waals surface area contributed by atoms with Crippen LogP contribution in [0, 0.1) is 17.5 Å². The first kappa shape index (κ1) is 13.4. The SMILES string of the molecule is O=CC1c2ccccc2N=CN1c1cc(F)c(F)c(F)c1. The molecule has 1 aliphatic heterocycles. The summed E-state index contributed by atoms with van der Waals surface area (Å²) < 4.78 is 39.7. The molecule has 1 unspecified atom stereocenters. The summed E-state index contributed by atoms with van der Waals surface area (Å²) in [4.78, 5) is 16.8. The number of aliphatic imine (C=N–C) groups is 1. The molecule has 1 heterocycles. The van der Waals surface area contributed by atoms with Crippen LogP contribution in [-0.4, -0.2) is 12.6 Å². The number of benzene rings is 2. The van der Waals surface area contributed by atoms with Gasteiger partial charge in [0.1, 0.15) is 12.3 Å². The molecule has 21 heavy (non-hydrogen) atoms. The predicted molar refractivity (Wildman–Crippen MR) is 72.2 cm³/mol. The first-order chi connectivity index (χ1) is 10.1. The van der Waals surface area contributed by atoms with E-state index in [1.807, 2.05) is 0 Å². The molecule has 0 bridgehead atoms. The molecule has 2 aromatic carbocycles. The molecular weight excluding hydrogens is 281 g/mol. The minimum absolute atomic E-state index is 0.0155. The van der Waals surface area contributed by atoms with E-state index in [2.05, 4.69) is 4.99 Å². The van der Waals surface area contributed by atoms with Gasteiger partial charge < -0.3 is 9.69 Å². The first-order valence-corrected chi connectivity index (χ1v) is 6.13. The number of rotatable bonds is 2. The molecular formula is C15H9F3N2O. The molecule has 0 fully saturated rings. The third-order valence-corrected chi connectivity index (χ3v) is 3.27. The Morgan fingerprint density at radius 1 is 1.10 bits per heavy atom. The topological polar surface area (TPSA) is 32.7 Å². The molecule has 0 aromatic heterocycles. The van der Waals surface area contributed by atoms with E-state index < -0.39 is 23.5 Å². The summed E-state index contributed by atoms with van der Waals surface area (Å²) >= 11 is 0. The standard InChI is InChI=1S/C15H9F3N2O/c16-11-5-9(6-12(17)15(11)18)20-8-19-13-4-2-1-3-10(13)14(20)7-21/h1-8,14H. The lowest BCUT2D eigenvalue weighted by molar-refractivity contribution is -0.108. The third-order valence-electron chi connectivity index (χ3n) is 3.27. The molecule has 1 aliphatic rings. The Balaban J connectivity index is 2.10. The number of nitrogens with zero attached hydrogens (tertiary/aromatic N) is 2. The van der Waals surface area contributed by atoms with Gasteiger partial charge in [-0.05, 0) is 6.07 Å². The fourth-order valence-corrected chi connectivity index (χ4v) is 2.26. The molecule has 2 aromatic rings. The zero-order chi connectivity index (χ0) is 15.0. The van der Waals surface area contributed by atoms with Gasteiger partial charge in [-0.15, -0.1) is 0 Å². The van der Waals surface area contributed by atoms with Crippen molar-refractivity contribution in [2.45, 2.75) is 6.04 Å². The quantitative estimate of drug-likeness (QED) is 0.626. The third kappa shape index (κ3) is 2.18. The van der Waals surface area contributed by atoms with Gasteiger partial charge in [0.05, 0.1) is 12.0 Å². The average molecular weight is 290 g/mol. The van der Waals surface area contributed by atoms with Gasteiger partial charge in [0.25, 0.3) is 0 Å². The van der Waals surface area contributed by atoms with Gasteiger partial charge in [0, 0.05) is 23.4 Å². The monoisotopic (exact) mass is 290 g/mol. The van der Waals surface area contributed by atoms with E-state index in [1.54, 1.807) is 24.3 Å². The number of fused-ring (bicyclic) bond motifs is 1. The number of carbonyl (C=O) groups excluding carboxylic acids is 1. The normalized spacial score (nSPS) is 16.7. The largest absolute Gasteiger partial charge is 0.318 e. The molecule has 0 aliphatic carbocycles. The van der Waals surface area contributed by atoms with Crippen LogP contribution >= 0.6 is 0 Å². The molecule has 0 N–H and O–H groups in total. The highest BCUT2D eigenvalue weighted by Crippen LogP contribution is 2.35. The van der Waals surface area contributed by atoms with Crippen LogP contribution in [0.2, 0.25) is 0 Å². The fraction of sp³-hybridized carbons (Fsp3) is 0.0667. The van der Waals surface area contributed by atoms with E-state index >= 15 is 0 Å². The number of hydrogen-bond donors (Lipinski definition) is 0. The van der Waals surface area contributed by atoms with Gasteiger partial charge in [0.2, 0.25) is 0 Å². The second kappa shape index (κ2) is 5.05. The lowest BCUT2D eigenvalue weighted by Crippen LogP contribution is -2.31. The van der Waals surface area contributed by atoms with Crippen molar-refractivity contribution < 1.29 is 18.0 Å². The minimum Gasteiger partial charge on any atom is -0.318 e. The van der Waals surface area contributed by atoms with Crippen LogP contribution in [0.25, 0.3) is 0 Å². The summed E-state index contributed by atoms with van der Waals surface area (Å²) in [5.74, 6) is -4.18. The Labute approximate surface area is 118 Å². The Morgan fingerprint density at radius 3 is 2.43 bits per heavy atom. The molecule has 3 nitrogen and oxygen atoms in total. The molecule has 6 heteroatoms. The smallest absolute Gasteiger partial charge is 0.194 e. The molecule has 0 radical (unpaired) electrons. The first-order valence-electron chi connectivity index (χ1n) is 6.13. The van der Waals surface area contributed by atoms with Gasteiger partial charge in [-0.2, -0.15) is 0 Å². The predicted octanol–water partition coefficient (Wildman–Crippen LogP) is 3.52. The lowest BCUT2D eigenvalue weighted by atomic mass is 10.0. The molecule has 0 amide bonds. The number of anilines is 1. The van der Waals surface area contributed by atoms with Crippen molar-refractivity contribution in [1.82, 2.24) is 0 Å². The lowest BCUT2D eigenvalue weighted by Gasteiger charge is -2.30. The fourth-order valence-electron chi connectivity index (χ4n) is 2.26. The Kier molecular flexibility index (Phi) is 3.21. The maximum Gasteiger partial charge on any atom is 0.194 e. The number of hydrogen-bond acceptors (Lipinski definition) is 3. The molecule has 3 rings (SSSR count). The van der Waals surface area contributed by atoms with Gasteiger partial charge >= 0.3 is 0 Å². The van der Waals surface area contributed by atoms with Crippen LogP contribution in [-0.2, 0) is 4.79 Å². The van der Waals surface area contributed by atoms with Crippen LogP contribution in [0.5, 0.6) is 0 Å². The van der Waals surface area contributed by atoms with Crippen molar-refractivity contribution in [1.29, 1.82) is 0 Å². The van der Waals surface area contributed by atoms with E-state index in [1.165, 1.54) is 11.2 Å². The minimum atomic E-state index is -1.55. The van der Waals surface area contributed by atoms with Crippen LogP contribution in [0.1, 0.15) is 11.6 Å². The van der Waals surface area contributed by atoms with Crippen molar-refractivity contribution in [2.75, 3.05) is 4.90 Å². The number of carbonyl (C=O) groups is 1. The zero-order valence-corrected chi connectivity index (χ0v) is 10.6. The summed E-state index contributed by atoms with van der Waals surface area (Å²) in [5, 5.41) is 0. The highest BCUT2D eigenvalue weighted by molar-refractivity contribution is 5.91. The summed E-state index contributed by atoms with van der Waals surface area (Å²) in [7, 11) is 0. The molecule has 0 saturated carbocycles. The van der Waals surface area contributed by atoms with E-state index in [4.69, 9.17) is 0 Å². The summed E-state index contributed by atoms with van der Waals surface area (Å²) in [6.07, 6.45) is 1.94. The molecule has 106 valence electrons. The summed E-state index contributed by atoms with van der Waals surface area (Å²) in [6.45, 7) is 0. The van der Waals surface area contributed by atoms with Crippen molar-refractivity contribution in [3.8, 4) is 0 Å². The maximum atomic E-state index is 13.3. The number of halogens is 3. The average Bonchev–Trinajstić information content (AvgIpc) is 2.51. The van der Waals surface area contributed by atoms with Crippen LogP contribution < -0.4 is 4.90 Å².